The van der Waals surface area contributed by atoms with E-state index in [-0.39, 0.29) is 11.6 Å². The highest BCUT2D eigenvalue weighted by Crippen LogP contribution is 2.30. The molecule has 0 aliphatic rings. The van der Waals surface area contributed by atoms with E-state index in [1.54, 1.807) is 37.6 Å². The van der Waals surface area contributed by atoms with E-state index in [0.29, 0.717) is 33.5 Å². The zero-order chi connectivity index (χ0) is 15.7. The Bertz CT molecular complexity index is 833. The largest absolute Gasteiger partial charge is 0.431 e. The zero-order valence-corrected chi connectivity index (χ0v) is 12.7. The predicted octanol–water partition coefficient (Wildman–Crippen LogP) is 4.89. The molecule has 3 aromatic rings. The van der Waals surface area contributed by atoms with Crippen LogP contribution < -0.4 is 4.74 Å². The molecule has 22 heavy (non-hydrogen) atoms. The predicted molar refractivity (Wildman–Crippen MR) is 81.3 cm³/mol. The molecule has 0 saturated carbocycles. The fourth-order valence-corrected chi connectivity index (χ4v) is 2.52. The van der Waals surface area contributed by atoms with Crippen molar-refractivity contribution >= 4 is 11.3 Å². The zero-order valence-electron chi connectivity index (χ0n) is 11.9. The van der Waals surface area contributed by atoms with Crippen molar-refractivity contribution in [2.24, 2.45) is 0 Å². The van der Waals surface area contributed by atoms with Crippen molar-refractivity contribution in [3.8, 4) is 22.2 Å². The van der Waals surface area contributed by atoms with Crippen LogP contribution in [0.2, 0.25) is 0 Å². The van der Waals surface area contributed by atoms with Crippen LogP contribution in [0.15, 0.2) is 35.8 Å². The lowest BCUT2D eigenvalue weighted by Crippen LogP contribution is -1.90. The number of rotatable bonds is 3. The number of hydrogen-bond donors (Lipinski definition) is 0. The van der Waals surface area contributed by atoms with Gasteiger partial charge in [0.1, 0.15) is 17.4 Å². The van der Waals surface area contributed by atoms with Gasteiger partial charge in [-0.05, 0) is 31.5 Å². The van der Waals surface area contributed by atoms with Crippen LogP contribution in [0.3, 0.4) is 0 Å². The molecule has 0 aliphatic heterocycles. The van der Waals surface area contributed by atoms with Crippen LogP contribution in [-0.2, 0) is 0 Å². The molecule has 0 atom stereocenters. The molecule has 112 valence electrons. The maximum Gasteiger partial charge on any atom is 0.279 e. The van der Waals surface area contributed by atoms with Crippen molar-refractivity contribution in [1.82, 2.24) is 9.97 Å². The van der Waals surface area contributed by atoms with Crippen LogP contribution in [0.5, 0.6) is 10.9 Å². The summed E-state index contributed by atoms with van der Waals surface area (Å²) in [4.78, 5) is 8.23. The van der Waals surface area contributed by atoms with Crippen LogP contribution in [0.25, 0.3) is 11.3 Å². The minimum atomic E-state index is -0.381. The molecule has 0 N–H and O–H groups in total. The van der Waals surface area contributed by atoms with Crippen molar-refractivity contribution in [3.05, 3.63) is 58.7 Å². The van der Waals surface area contributed by atoms with Crippen LogP contribution in [0.4, 0.5) is 8.78 Å². The molecule has 1 aromatic carbocycles. The Morgan fingerprint density at radius 1 is 1.09 bits per heavy atom. The molecule has 3 nitrogen and oxygen atoms in total. The van der Waals surface area contributed by atoms with E-state index < -0.39 is 0 Å². The summed E-state index contributed by atoms with van der Waals surface area (Å²) in [6, 6.07) is 6.00. The molecule has 0 fully saturated rings. The summed E-state index contributed by atoms with van der Waals surface area (Å²) in [6.07, 6.45) is 1.56. The van der Waals surface area contributed by atoms with E-state index in [0.717, 1.165) is 0 Å². The van der Waals surface area contributed by atoms with Gasteiger partial charge in [-0.2, -0.15) is 0 Å². The van der Waals surface area contributed by atoms with Gasteiger partial charge in [0, 0.05) is 23.2 Å². The standard InChI is InChI=1S/C16H12F2N2OS/c1-9-3-4-12(6-13(9)17)21-16-20-15(8-22-16)11-5-14(18)10(2)19-7-11/h3-8H,1-2H3. The Kier molecular flexibility index (Phi) is 3.85. The van der Waals surface area contributed by atoms with Crippen LogP contribution in [0, 0.1) is 25.5 Å². The van der Waals surface area contributed by atoms with Gasteiger partial charge in [-0.1, -0.05) is 17.4 Å². The number of benzene rings is 1. The van der Waals surface area contributed by atoms with Gasteiger partial charge < -0.3 is 4.74 Å². The molecule has 0 unspecified atom stereocenters. The Morgan fingerprint density at radius 3 is 2.64 bits per heavy atom. The van der Waals surface area contributed by atoms with Crippen molar-refractivity contribution < 1.29 is 13.5 Å². The third-order valence-corrected chi connectivity index (χ3v) is 3.87. The third-order valence-electron chi connectivity index (χ3n) is 3.15. The Labute approximate surface area is 130 Å². The lowest BCUT2D eigenvalue weighted by Gasteiger charge is -2.03. The summed E-state index contributed by atoms with van der Waals surface area (Å²) in [5.41, 5.74) is 2.03. The first kappa shape index (κ1) is 14.6. The first-order valence-electron chi connectivity index (χ1n) is 6.55. The van der Waals surface area contributed by atoms with E-state index in [1.807, 2.05) is 0 Å². The monoisotopic (exact) mass is 318 g/mol. The van der Waals surface area contributed by atoms with Crippen molar-refractivity contribution in [3.63, 3.8) is 0 Å². The van der Waals surface area contributed by atoms with E-state index in [9.17, 15) is 8.78 Å². The molecule has 0 saturated heterocycles. The second-order valence-electron chi connectivity index (χ2n) is 4.80. The molecule has 3 rings (SSSR count). The van der Waals surface area contributed by atoms with Gasteiger partial charge in [-0.15, -0.1) is 0 Å². The third kappa shape index (κ3) is 2.96. The summed E-state index contributed by atoms with van der Waals surface area (Å²) in [5.74, 6) is -0.343. The van der Waals surface area contributed by atoms with Gasteiger partial charge >= 0.3 is 0 Å². The number of thiazole rings is 1. The molecule has 0 bridgehead atoms. The quantitative estimate of drug-likeness (QED) is 0.689. The molecular formula is C16H12F2N2OS. The molecule has 2 heterocycles. The van der Waals surface area contributed by atoms with Crippen molar-refractivity contribution in [2.75, 3.05) is 0 Å². The molecule has 2 aromatic heterocycles. The van der Waals surface area contributed by atoms with E-state index in [1.165, 1.54) is 23.5 Å². The van der Waals surface area contributed by atoms with Crippen LogP contribution >= 0.6 is 11.3 Å². The highest BCUT2D eigenvalue weighted by Gasteiger charge is 2.10. The first-order valence-corrected chi connectivity index (χ1v) is 7.43. The number of pyridine rings is 1. The highest BCUT2D eigenvalue weighted by molar-refractivity contribution is 7.11. The van der Waals surface area contributed by atoms with E-state index >= 15 is 0 Å². The second-order valence-corrected chi connectivity index (χ2v) is 5.62. The second kappa shape index (κ2) is 5.81. The maximum atomic E-state index is 13.5. The fraction of sp³-hybridized carbons (Fsp3) is 0.125. The summed E-state index contributed by atoms with van der Waals surface area (Å²) in [5, 5.41) is 2.10. The molecule has 0 spiro atoms. The Hall–Kier alpha value is -2.34. The van der Waals surface area contributed by atoms with Gasteiger partial charge in [0.2, 0.25) is 0 Å². The number of hydrogen-bond acceptors (Lipinski definition) is 4. The lowest BCUT2D eigenvalue weighted by atomic mass is 10.2. The molecule has 0 radical (unpaired) electrons. The molecule has 0 amide bonds. The maximum absolute atomic E-state index is 13.5. The minimum Gasteiger partial charge on any atom is -0.431 e. The average molecular weight is 318 g/mol. The van der Waals surface area contributed by atoms with Crippen LogP contribution in [0.1, 0.15) is 11.3 Å². The Balaban J connectivity index is 1.84. The lowest BCUT2D eigenvalue weighted by molar-refractivity contribution is 0.473. The number of aromatic nitrogens is 2. The van der Waals surface area contributed by atoms with Gasteiger partial charge in [0.15, 0.2) is 0 Å². The van der Waals surface area contributed by atoms with Crippen molar-refractivity contribution in [1.29, 1.82) is 0 Å². The smallest absolute Gasteiger partial charge is 0.279 e. The van der Waals surface area contributed by atoms with Gasteiger partial charge in [-0.3, -0.25) is 4.98 Å². The summed E-state index contributed by atoms with van der Waals surface area (Å²) in [7, 11) is 0. The number of aryl methyl sites for hydroxylation is 2. The molecular weight excluding hydrogens is 306 g/mol. The van der Waals surface area contributed by atoms with Gasteiger partial charge in [0.25, 0.3) is 5.19 Å². The molecule has 0 aliphatic carbocycles. The topological polar surface area (TPSA) is 35.0 Å². The van der Waals surface area contributed by atoms with E-state index in [2.05, 4.69) is 9.97 Å². The van der Waals surface area contributed by atoms with E-state index in [4.69, 9.17) is 4.74 Å². The first-order chi connectivity index (χ1) is 10.5. The number of nitrogens with zero attached hydrogens (tertiary/aromatic N) is 2. The normalized spacial score (nSPS) is 10.7. The highest BCUT2D eigenvalue weighted by atomic mass is 32.1. The Morgan fingerprint density at radius 2 is 1.91 bits per heavy atom. The SMILES string of the molecule is Cc1ccc(Oc2nc(-c3cnc(C)c(F)c3)cs2)cc1F. The minimum absolute atomic E-state index is 0.334. The number of ether oxygens (including phenoxy) is 1. The van der Waals surface area contributed by atoms with Gasteiger partial charge in [-0.25, -0.2) is 13.8 Å². The van der Waals surface area contributed by atoms with Gasteiger partial charge in [0.05, 0.1) is 11.4 Å². The van der Waals surface area contributed by atoms with Crippen molar-refractivity contribution in [2.45, 2.75) is 13.8 Å². The molecule has 6 heteroatoms. The average Bonchev–Trinajstić information content (AvgIpc) is 2.94. The summed E-state index contributed by atoms with van der Waals surface area (Å²) < 4.78 is 32.6. The summed E-state index contributed by atoms with van der Waals surface area (Å²) >= 11 is 1.25. The summed E-state index contributed by atoms with van der Waals surface area (Å²) in [6.45, 7) is 3.28. The number of halogens is 2. The van der Waals surface area contributed by atoms with Crippen LogP contribution in [-0.4, -0.2) is 9.97 Å². The fourth-order valence-electron chi connectivity index (χ4n) is 1.82.